The molecule has 0 aliphatic heterocycles. The molecule has 22 heavy (non-hydrogen) atoms. The fourth-order valence-corrected chi connectivity index (χ4v) is 2.25. The minimum absolute atomic E-state index is 0.0373. The Morgan fingerprint density at radius 3 is 2.68 bits per heavy atom. The van der Waals surface area contributed by atoms with Crippen LogP contribution < -0.4 is 5.63 Å². The number of rotatable bonds is 3. The number of pyridine rings is 1. The molecule has 0 unspecified atom stereocenters. The van der Waals surface area contributed by atoms with Gasteiger partial charge >= 0.3 is 5.63 Å². The Morgan fingerprint density at radius 1 is 1.18 bits per heavy atom. The van der Waals surface area contributed by atoms with Gasteiger partial charge in [-0.2, -0.15) is 0 Å². The predicted octanol–water partition coefficient (Wildman–Crippen LogP) is 2.46. The fraction of sp³-hybridized carbons (Fsp3) is 0.118. The van der Waals surface area contributed by atoms with E-state index in [-0.39, 0.29) is 11.5 Å². The van der Waals surface area contributed by atoms with Crippen molar-refractivity contribution in [2.75, 3.05) is 7.05 Å². The molecule has 0 aliphatic rings. The van der Waals surface area contributed by atoms with Crippen molar-refractivity contribution in [1.29, 1.82) is 0 Å². The lowest BCUT2D eigenvalue weighted by Gasteiger charge is -2.16. The lowest BCUT2D eigenvalue weighted by Crippen LogP contribution is -2.30. The number of aromatic nitrogens is 1. The molecule has 5 nitrogen and oxygen atoms in total. The second-order valence-corrected chi connectivity index (χ2v) is 5.00. The molecule has 0 atom stereocenters. The second-order valence-electron chi connectivity index (χ2n) is 5.00. The van der Waals surface area contributed by atoms with Crippen molar-refractivity contribution < 1.29 is 9.21 Å². The molecule has 3 aromatic rings. The van der Waals surface area contributed by atoms with Crippen LogP contribution in [0.25, 0.3) is 11.0 Å². The maximum absolute atomic E-state index is 12.5. The van der Waals surface area contributed by atoms with Crippen molar-refractivity contribution in [2.24, 2.45) is 0 Å². The minimum atomic E-state index is -0.620. The number of carbonyl (C=O) groups is 1. The van der Waals surface area contributed by atoms with E-state index in [9.17, 15) is 9.59 Å². The molecule has 2 aromatic heterocycles. The van der Waals surface area contributed by atoms with E-state index in [1.807, 2.05) is 18.2 Å². The monoisotopic (exact) mass is 294 g/mol. The van der Waals surface area contributed by atoms with E-state index in [0.717, 1.165) is 10.9 Å². The summed E-state index contributed by atoms with van der Waals surface area (Å²) in [5.74, 6) is -0.365. The summed E-state index contributed by atoms with van der Waals surface area (Å²) in [6.45, 7) is 0.396. The van der Waals surface area contributed by atoms with Gasteiger partial charge in [-0.1, -0.05) is 18.2 Å². The molecular formula is C17H14N2O3. The van der Waals surface area contributed by atoms with Gasteiger partial charge in [0.1, 0.15) is 11.1 Å². The minimum Gasteiger partial charge on any atom is -0.422 e. The zero-order valence-electron chi connectivity index (χ0n) is 12.0. The van der Waals surface area contributed by atoms with Crippen molar-refractivity contribution in [1.82, 2.24) is 9.88 Å². The van der Waals surface area contributed by atoms with E-state index in [1.54, 1.807) is 43.7 Å². The number of para-hydroxylation sites is 1. The largest absolute Gasteiger partial charge is 0.422 e. The van der Waals surface area contributed by atoms with Crippen LogP contribution in [0.2, 0.25) is 0 Å². The molecule has 3 rings (SSSR count). The van der Waals surface area contributed by atoms with Crippen molar-refractivity contribution in [3.05, 3.63) is 76.4 Å². The van der Waals surface area contributed by atoms with E-state index >= 15 is 0 Å². The summed E-state index contributed by atoms with van der Waals surface area (Å²) in [7, 11) is 1.65. The quantitative estimate of drug-likeness (QED) is 0.696. The van der Waals surface area contributed by atoms with Crippen molar-refractivity contribution in [2.45, 2.75) is 6.54 Å². The average Bonchev–Trinajstić information content (AvgIpc) is 2.54. The molecule has 0 N–H and O–H groups in total. The molecule has 2 heterocycles. The third-order valence-electron chi connectivity index (χ3n) is 3.39. The standard InChI is InChI=1S/C17H14N2O3/c1-19(11-12-6-8-18-9-7-12)16(20)14-10-13-4-2-3-5-15(13)22-17(14)21/h2-10H,11H2,1H3. The normalized spacial score (nSPS) is 10.6. The fourth-order valence-electron chi connectivity index (χ4n) is 2.25. The first kappa shape index (κ1) is 14.0. The number of hydrogen-bond donors (Lipinski definition) is 0. The third-order valence-corrected chi connectivity index (χ3v) is 3.39. The van der Waals surface area contributed by atoms with Crippen LogP contribution in [0.5, 0.6) is 0 Å². The van der Waals surface area contributed by atoms with E-state index in [1.165, 1.54) is 4.90 Å². The van der Waals surface area contributed by atoms with Gasteiger partial charge in [0.05, 0.1) is 0 Å². The van der Waals surface area contributed by atoms with Gasteiger partial charge in [0, 0.05) is 31.4 Å². The highest BCUT2D eigenvalue weighted by Crippen LogP contribution is 2.14. The topological polar surface area (TPSA) is 63.4 Å². The number of amides is 1. The van der Waals surface area contributed by atoms with Crippen LogP contribution >= 0.6 is 0 Å². The molecule has 1 amide bonds. The van der Waals surface area contributed by atoms with E-state index in [2.05, 4.69) is 4.98 Å². The molecule has 0 radical (unpaired) electrons. The highest BCUT2D eigenvalue weighted by atomic mass is 16.4. The van der Waals surface area contributed by atoms with Crippen LogP contribution in [0.4, 0.5) is 0 Å². The summed E-state index contributed by atoms with van der Waals surface area (Å²) in [5, 5.41) is 0.725. The summed E-state index contributed by atoms with van der Waals surface area (Å²) in [5.41, 5.74) is 0.831. The van der Waals surface area contributed by atoms with Crippen molar-refractivity contribution >= 4 is 16.9 Å². The van der Waals surface area contributed by atoms with Gasteiger partial charge in [-0.15, -0.1) is 0 Å². The van der Waals surface area contributed by atoms with E-state index in [4.69, 9.17) is 4.42 Å². The Morgan fingerprint density at radius 2 is 1.91 bits per heavy atom. The lowest BCUT2D eigenvalue weighted by molar-refractivity contribution is 0.0781. The van der Waals surface area contributed by atoms with Gasteiger partial charge in [-0.05, 0) is 29.8 Å². The van der Waals surface area contributed by atoms with Crippen LogP contribution in [0.15, 0.2) is 64.1 Å². The Bertz CT molecular complexity index is 872. The van der Waals surface area contributed by atoms with Crippen LogP contribution in [0.1, 0.15) is 15.9 Å². The zero-order chi connectivity index (χ0) is 15.5. The van der Waals surface area contributed by atoms with Gasteiger partial charge in [-0.3, -0.25) is 9.78 Å². The summed E-state index contributed by atoms with van der Waals surface area (Å²) in [6.07, 6.45) is 3.33. The smallest absolute Gasteiger partial charge is 0.349 e. The number of hydrogen-bond acceptors (Lipinski definition) is 4. The molecule has 1 aromatic carbocycles. The Labute approximate surface area is 126 Å². The molecule has 0 fully saturated rings. The SMILES string of the molecule is CN(Cc1ccncc1)C(=O)c1cc2ccccc2oc1=O. The first-order valence-corrected chi connectivity index (χ1v) is 6.82. The molecule has 0 spiro atoms. The number of benzene rings is 1. The van der Waals surface area contributed by atoms with Crippen molar-refractivity contribution in [3.8, 4) is 0 Å². The average molecular weight is 294 g/mol. The lowest BCUT2D eigenvalue weighted by atomic mass is 10.1. The molecule has 0 saturated carbocycles. The van der Waals surface area contributed by atoms with Crippen LogP contribution in [-0.2, 0) is 6.54 Å². The van der Waals surface area contributed by atoms with Crippen molar-refractivity contribution in [3.63, 3.8) is 0 Å². The first-order chi connectivity index (χ1) is 10.6. The zero-order valence-corrected chi connectivity index (χ0v) is 12.0. The summed E-state index contributed by atoms with van der Waals surface area (Å²) >= 11 is 0. The number of fused-ring (bicyclic) bond motifs is 1. The number of nitrogens with zero attached hydrogens (tertiary/aromatic N) is 2. The van der Waals surface area contributed by atoms with Crippen LogP contribution in [0, 0.1) is 0 Å². The highest BCUT2D eigenvalue weighted by molar-refractivity contribution is 5.96. The first-order valence-electron chi connectivity index (χ1n) is 6.82. The number of carbonyl (C=O) groups excluding carboxylic acids is 1. The Kier molecular flexibility index (Phi) is 3.70. The molecule has 0 aliphatic carbocycles. The molecule has 0 saturated heterocycles. The van der Waals surface area contributed by atoms with Gasteiger partial charge in [0.15, 0.2) is 0 Å². The predicted molar refractivity (Wildman–Crippen MR) is 82.5 cm³/mol. The van der Waals surface area contributed by atoms with E-state index in [0.29, 0.717) is 12.1 Å². The molecule has 110 valence electrons. The molecule has 0 bridgehead atoms. The van der Waals surface area contributed by atoms with Gasteiger partial charge in [0.2, 0.25) is 0 Å². The maximum Gasteiger partial charge on any atom is 0.349 e. The highest BCUT2D eigenvalue weighted by Gasteiger charge is 2.17. The second kappa shape index (κ2) is 5.81. The molecule has 5 heteroatoms. The Balaban J connectivity index is 1.91. The van der Waals surface area contributed by atoms with Gasteiger partial charge < -0.3 is 9.32 Å². The van der Waals surface area contributed by atoms with Crippen LogP contribution in [-0.4, -0.2) is 22.8 Å². The summed E-state index contributed by atoms with van der Waals surface area (Å²) in [4.78, 5) is 29.9. The van der Waals surface area contributed by atoms with Gasteiger partial charge in [-0.25, -0.2) is 4.79 Å². The van der Waals surface area contributed by atoms with Crippen LogP contribution in [0.3, 0.4) is 0 Å². The molecular weight excluding hydrogens is 280 g/mol. The van der Waals surface area contributed by atoms with E-state index < -0.39 is 5.63 Å². The maximum atomic E-state index is 12.5. The van der Waals surface area contributed by atoms with Gasteiger partial charge in [0.25, 0.3) is 5.91 Å². The third kappa shape index (κ3) is 2.74. The Hall–Kier alpha value is -2.95. The summed E-state index contributed by atoms with van der Waals surface area (Å²) < 4.78 is 5.20. The summed E-state index contributed by atoms with van der Waals surface area (Å²) in [6, 6.07) is 12.3.